The van der Waals surface area contributed by atoms with Gasteiger partial charge in [-0.1, -0.05) is 36.4 Å². The van der Waals surface area contributed by atoms with Gasteiger partial charge in [-0.3, -0.25) is 9.98 Å². The van der Waals surface area contributed by atoms with Crippen molar-refractivity contribution in [3.05, 3.63) is 84.2 Å². The van der Waals surface area contributed by atoms with Crippen molar-refractivity contribution in [3.63, 3.8) is 0 Å². The molecule has 1 aromatic carbocycles. The van der Waals surface area contributed by atoms with Gasteiger partial charge in [0.1, 0.15) is 5.82 Å². The van der Waals surface area contributed by atoms with Crippen molar-refractivity contribution in [2.45, 2.75) is 19.6 Å². The van der Waals surface area contributed by atoms with E-state index < -0.39 is 0 Å². The van der Waals surface area contributed by atoms with E-state index in [2.05, 4.69) is 42.3 Å². The zero-order valence-electron chi connectivity index (χ0n) is 14.7. The molecule has 2 heterocycles. The molecule has 0 aliphatic heterocycles. The molecule has 0 spiro atoms. The van der Waals surface area contributed by atoms with Gasteiger partial charge in [-0.2, -0.15) is 0 Å². The number of benzene rings is 1. The van der Waals surface area contributed by atoms with E-state index in [0.29, 0.717) is 13.1 Å². The van der Waals surface area contributed by atoms with Gasteiger partial charge in [0.25, 0.3) is 0 Å². The van der Waals surface area contributed by atoms with Crippen molar-refractivity contribution in [2.24, 2.45) is 4.99 Å². The highest BCUT2D eigenvalue weighted by Crippen LogP contribution is 2.05. The molecule has 7 heteroatoms. The lowest BCUT2D eigenvalue weighted by Gasteiger charge is -2.13. The molecular formula is C19H23IN6. The number of nitrogens with one attached hydrogen (secondary N) is 2. The monoisotopic (exact) mass is 462 g/mol. The predicted octanol–water partition coefficient (Wildman–Crippen LogP) is 2.81. The van der Waals surface area contributed by atoms with Crippen LogP contribution in [0.25, 0.3) is 0 Å². The Morgan fingerprint density at radius 1 is 0.962 bits per heavy atom. The molecule has 0 fully saturated rings. The topological polar surface area (TPSA) is 67.1 Å². The van der Waals surface area contributed by atoms with Crippen molar-refractivity contribution in [1.82, 2.24) is 25.2 Å². The van der Waals surface area contributed by atoms with Crippen LogP contribution in [0.4, 0.5) is 0 Å². The molecule has 0 bridgehead atoms. The smallest absolute Gasteiger partial charge is 0.191 e. The molecule has 0 saturated heterocycles. The van der Waals surface area contributed by atoms with Crippen LogP contribution in [-0.2, 0) is 19.6 Å². The highest BCUT2D eigenvalue weighted by Gasteiger charge is 2.05. The van der Waals surface area contributed by atoms with Gasteiger partial charge in [-0.25, -0.2) is 4.98 Å². The minimum Gasteiger partial charge on any atom is -0.351 e. The van der Waals surface area contributed by atoms with Crippen molar-refractivity contribution in [3.8, 4) is 0 Å². The molecule has 0 atom stereocenters. The second-order valence-electron chi connectivity index (χ2n) is 5.56. The first kappa shape index (κ1) is 19.9. The maximum absolute atomic E-state index is 4.44. The third-order valence-corrected chi connectivity index (χ3v) is 3.80. The van der Waals surface area contributed by atoms with E-state index in [-0.39, 0.29) is 24.0 Å². The lowest BCUT2D eigenvalue weighted by atomic mass is 10.2. The van der Waals surface area contributed by atoms with E-state index in [9.17, 15) is 0 Å². The van der Waals surface area contributed by atoms with Crippen LogP contribution in [0.3, 0.4) is 0 Å². The average Bonchev–Trinajstić information content (AvgIpc) is 3.10. The number of rotatable bonds is 6. The summed E-state index contributed by atoms with van der Waals surface area (Å²) in [5.41, 5.74) is 2.22. The van der Waals surface area contributed by atoms with Crippen LogP contribution < -0.4 is 10.6 Å². The van der Waals surface area contributed by atoms with E-state index in [4.69, 9.17) is 0 Å². The summed E-state index contributed by atoms with van der Waals surface area (Å²) in [6.45, 7) is 2.03. The molecule has 0 aliphatic carbocycles. The Morgan fingerprint density at radius 3 is 2.46 bits per heavy atom. The van der Waals surface area contributed by atoms with Crippen molar-refractivity contribution >= 4 is 29.9 Å². The SMILES string of the molecule is CN=C(NCc1ccccn1)NCc1nccn1Cc1ccccc1.I. The molecule has 26 heavy (non-hydrogen) atoms. The molecule has 0 aliphatic rings. The van der Waals surface area contributed by atoms with Crippen molar-refractivity contribution in [2.75, 3.05) is 7.05 Å². The van der Waals surface area contributed by atoms with Crippen LogP contribution in [0.2, 0.25) is 0 Å². The van der Waals surface area contributed by atoms with E-state index >= 15 is 0 Å². The summed E-state index contributed by atoms with van der Waals surface area (Å²) in [5, 5.41) is 6.55. The summed E-state index contributed by atoms with van der Waals surface area (Å²) >= 11 is 0. The fraction of sp³-hybridized carbons (Fsp3) is 0.211. The van der Waals surface area contributed by atoms with Crippen LogP contribution in [0.5, 0.6) is 0 Å². The second-order valence-corrected chi connectivity index (χ2v) is 5.56. The summed E-state index contributed by atoms with van der Waals surface area (Å²) in [5.74, 6) is 1.68. The van der Waals surface area contributed by atoms with E-state index in [0.717, 1.165) is 24.0 Å². The second kappa shape index (κ2) is 10.5. The van der Waals surface area contributed by atoms with Crippen LogP contribution in [0.15, 0.2) is 72.1 Å². The summed E-state index contributed by atoms with van der Waals surface area (Å²) in [6, 6.07) is 16.2. The molecule has 0 radical (unpaired) electrons. The lowest BCUT2D eigenvalue weighted by molar-refractivity contribution is 0.686. The third kappa shape index (κ3) is 5.83. The minimum absolute atomic E-state index is 0. The van der Waals surface area contributed by atoms with Crippen molar-refractivity contribution < 1.29 is 0 Å². The largest absolute Gasteiger partial charge is 0.351 e. The Hall–Kier alpha value is -2.42. The Labute approximate surface area is 170 Å². The molecule has 3 rings (SSSR count). The highest BCUT2D eigenvalue weighted by molar-refractivity contribution is 14.0. The molecule has 6 nitrogen and oxygen atoms in total. The Bertz CT molecular complexity index is 801. The number of aliphatic imine (C=N–C) groups is 1. The summed E-state index contributed by atoms with van der Waals surface area (Å²) < 4.78 is 2.13. The third-order valence-electron chi connectivity index (χ3n) is 3.80. The first-order valence-electron chi connectivity index (χ1n) is 8.23. The number of aromatic nitrogens is 3. The summed E-state index contributed by atoms with van der Waals surface area (Å²) in [4.78, 5) is 13.0. The van der Waals surface area contributed by atoms with Gasteiger partial charge in [0.2, 0.25) is 0 Å². The maximum Gasteiger partial charge on any atom is 0.191 e. The fourth-order valence-electron chi connectivity index (χ4n) is 2.49. The zero-order valence-corrected chi connectivity index (χ0v) is 17.0. The number of guanidine groups is 1. The fourth-order valence-corrected chi connectivity index (χ4v) is 2.49. The van der Waals surface area contributed by atoms with Crippen LogP contribution >= 0.6 is 24.0 Å². The van der Waals surface area contributed by atoms with E-state index in [1.54, 1.807) is 13.2 Å². The number of imidazole rings is 1. The Kier molecular flexibility index (Phi) is 8.07. The van der Waals surface area contributed by atoms with Crippen LogP contribution in [0, 0.1) is 0 Å². The first-order chi connectivity index (χ1) is 12.3. The van der Waals surface area contributed by atoms with Gasteiger partial charge in [-0.15, -0.1) is 24.0 Å². The molecule has 2 aromatic heterocycles. The van der Waals surface area contributed by atoms with Gasteiger partial charge in [0.15, 0.2) is 5.96 Å². The molecule has 2 N–H and O–H groups in total. The van der Waals surface area contributed by atoms with Gasteiger partial charge < -0.3 is 15.2 Å². The zero-order chi connectivity index (χ0) is 17.3. The Morgan fingerprint density at radius 2 is 1.73 bits per heavy atom. The number of hydrogen-bond donors (Lipinski definition) is 2. The molecular weight excluding hydrogens is 439 g/mol. The van der Waals surface area contributed by atoms with E-state index in [1.165, 1.54) is 5.56 Å². The van der Waals surface area contributed by atoms with Gasteiger partial charge in [0, 0.05) is 32.2 Å². The number of pyridine rings is 1. The number of halogens is 1. The predicted molar refractivity (Wildman–Crippen MR) is 114 cm³/mol. The number of hydrogen-bond acceptors (Lipinski definition) is 3. The lowest BCUT2D eigenvalue weighted by Crippen LogP contribution is -2.37. The highest BCUT2D eigenvalue weighted by atomic mass is 127. The molecule has 0 amide bonds. The minimum atomic E-state index is 0. The van der Waals surface area contributed by atoms with Crippen LogP contribution in [-0.4, -0.2) is 27.5 Å². The molecule has 136 valence electrons. The van der Waals surface area contributed by atoms with Crippen molar-refractivity contribution in [1.29, 1.82) is 0 Å². The van der Waals surface area contributed by atoms with Crippen LogP contribution in [0.1, 0.15) is 17.1 Å². The van der Waals surface area contributed by atoms with Gasteiger partial charge in [0.05, 0.1) is 18.8 Å². The average molecular weight is 462 g/mol. The quantitative estimate of drug-likeness (QED) is 0.336. The molecule has 0 unspecified atom stereocenters. The normalized spacial score (nSPS) is 10.9. The molecule has 3 aromatic rings. The maximum atomic E-state index is 4.44. The standard InChI is InChI=1S/C19H22N6.HI/c1-20-19(23-13-17-9-5-6-10-21-17)24-14-18-22-11-12-25(18)15-16-7-3-2-4-8-16;/h2-12H,13-15H2,1H3,(H2,20,23,24);1H. The molecule has 0 saturated carbocycles. The Balaban J connectivity index is 0.00000243. The number of nitrogens with zero attached hydrogens (tertiary/aromatic N) is 4. The first-order valence-corrected chi connectivity index (χ1v) is 8.23. The summed E-state index contributed by atoms with van der Waals surface area (Å²) in [7, 11) is 1.75. The van der Waals surface area contributed by atoms with Gasteiger partial charge in [-0.05, 0) is 17.7 Å². The van der Waals surface area contributed by atoms with E-state index in [1.807, 2.05) is 48.8 Å². The van der Waals surface area contributed by atoms with Gasteiger partial charge >= 0.3 is 0 Å². The summed E-state index contributed by atoms with van der Waals surface area (Å²) in [6.07, 6.45) is 5.60.